The fourth-order valence-corrected chi connectivity index (χ4v) is 1.66. The maximum absolute atomic E-state index is 11.9. The largest absolute Gasteiger partial charge is 0.443 e. The van der Waals surface area contributed by atoms with Crippen LogP contribution in [0.4, 0.5) is 9.59 Å². The number of nitrogens with two attached hydrogens (primary N) is 1. The second-order valence-electron chi connectivity index (χ2n) is 5.42. The third-order valence-corrected chi connectivity index (χ3v) is 2.48. The number of hydrogen-bond acceptors (Lipinski definition) is 5. The first-order chi connectivity index (χ1) is 8.83. The second kappa shape index (κ2) is 6.60. The molecule has 7 heteroatoms. The van der Waals surface area contributed by atoms with Crippen LogP contribution in [-0.4, -0.2) is 53.9 Å². The molecule has 1 saturated heterocycles. The van der Waals surface area contributed by atoms with Crippen LogP contribution < -0.4 is 5.73 Å². The van der Waals surface area contributed by atoms with Gasteiger partial charge < -0.3 is 20.2 Å². The molecule has 2 N–H and O–H groups in total. The number of hydroxylamine groups is 2. The Balaban J connectivity index is 2.56. The molecule has 0 aromatic heterocycles. The number of nitrogens with zero attached hydrogens (tertiary/aromatic N) is 2. The van der Waals surface area contributed by atoms with E-state index in [1.807, 2.05) is 0 Å². The molecule has 110 valence electrons. The normalized spacial score (nSPS) is 15.3. The third-order valence-electron chi connectivity index (χ3n) is 2.48. The van der Waals surface area contributed by atoms with E-state index < -0.39 is 17.8 Å². The Morgan fingerprint density at radius 2 is 1.84 bits per heavy atom. The van der Waals surface area contributed by atoms with Crippen molar-refractivity contribution >= 4 is 12.2 Å². The summed E-state index contributed by atoms with van der Waals surface area (Å²) in [6.45, 7) is 6.84. The Kier molecular flexibility index (Phi) is 5.41. The zero-order valence-corrected chi connectivity index (χ0v) is 11.8. The fourth-order valence-electron chi connectivity index (χ4n) is 1.66. The van der Waals surface area contributed by atoms with Crippen LogP contribution >= 0.6 is 0 Å². The van der Waals surface area contributed by atoms with Gasteiger partial charge in [0, 0.05) is 19.6 Å². The van der Waals surface area contributed by atoms with Crippen molar-refractivity contribution < 1.29 is 19.2 Å². The van der Waals surface area contributed by atoms with E-state index in [2.05, 4.69) is 0 Å². The molecular weight excluding hydrogens is 250 g/mol. The van der Waals surface area contributed by atoms with E-state index in [1.54, 1.807) is 25.7 Å². The average molecular weight is 273 g/mol. The lowest BCUT2D eigenvalue weighted by Crippen LogP contribution is -2.43. The molecule has 1 aliphatic rings. The summed E-state index contributed by atoms with van der Waals surface area (Å²) in [7, 11) is 0. The minimum atomic E-state index is -0.703. The molecule has 1 heterocycles. The number of rotatable bonds is 2. The highest BCUT2D eigenvalue weighted by molar-refractivity contribution is 5.72. The summed E-state index contributed by atoms with van der Waals surface area (Å²) in [5.41, 5.74) is 4.76. The average Bonchev–Trinajstić information content (AvgIpc) is 2.79. The van der Waals surface area contributed by atoms with Crippen molar-refractivity contribution in [2.24, 2.45) is 5.73 Å². The van der Waals surface area contributed by atoms with Gasteiger partial charge in [-0.1, -0.05) is 0 Å². The maximum Gasteiger partial charge on any atom is 0.443 e. The van der Waals surface area contributed by atoms with Gasteiger partial charge in [-0.05, 0) is 33.6 Å². The Bertz CT molecular complexity index is 321. The zero-order chi connectivity index (χ0) is 14.5. The Labute approximate surface area is 113 Å². The van der Waals surface area contributed by atoms with Crippen molar-refractivity contribution in [3.63, 3.8) is 0 Å². The number of carbonyl (C=O) groups excluding carboxylic acids is 2. The molecule has 0 aromatic carbocycles. The summed E-state index contributed by atoms with van der Waals surface area (Å²) in [6, 6.07) is 0. The summed E-state index contributed by atoms with van der Waals surface area (Å²) >= 11 is 0. The van der Waals surface area contributed by atoms with Crippen LogP contribution in [0.25, 0.3) is 0 Å². The van der Waals surface area contributed by atoms with Gasteiger partial charge in [0.1, 0.15) is 5.60 Å². The molecule has 0 aromatic rings. The van der Waals surface area contributed by atoms with Crippen molar-refractivity contribution in [1.82, 2.24) is 9.96 Å². The molecule has 0 unspecified atom stereocenters. The highest BCUT2D eigenvalue weighted by Gasteiger charge is 2.28. The smallest absolute Gasteiger partial charge is 0.442 e. The topological polar surface area (TPSA) is 85.1 Å². The summed E-state index contributed by atoms with van der Waals surface area (Å²) < 4.78 is 5.15. The molecule has 0 radical (unpaired) electrons. The molecule has 0 atom stereocenters. The third kappa shape index (κ3) is 5.34. The van der Waals surface area contributed by atoms with Gasteiger partial charge in [-0.15, -0.1) is 5.06 Å². The summed E-state index contributed by atoms with van der Waals surface area (Å²) in [6.07, 6.45) is 0.680. The lowest BCUT2D eigenvalue weighted by molar-refractivity contribution is -0.107. The van der Waals surface area contributed by atoms with Gasteiger partial charge in [-0.2, -0.15) is 0 Å². The van der Waals surface area contributed by atoms with Crippen LogP contribution in [0.2, 0.25) is 0 Å². The molecule has 7 nitrogen and oxygen atoms in total. The zero-order valence-electron chi connectivity index (χ0n) is 11.8. The standard InChI is InChI=1S/C12H23N3O4/c1-12(2,3)18-11(17)15(9-6-13)19-10(16)14-7-4-5-8-14/h4-9,13H2,1-3H3. The number of carbonyl (C=O) groups is 2. The van der Waals surface area contributed by atoms with Gasteiger partial charge >= 0.3 is 12.2 Å². The number of amides is 2. The quantitative estimate of drug-likeness (QED) is 0.767. The first-order valence-electron chi connectivity index (χ1n) is 6.51. The van der Waals surface area contributed by atoms with Crippen LogP contribution in [0.15, 0.2) is 0 Å². The van der Waals surface area contributed by atoms with Crippen LogP contribution in [0.3, 0.4) is 0 Å². The van der Waals surface area contributed by atoms with Crippen molar-refractivity contribution in [3.8, 4) is 0 Å². The summed E-state index contributed by atoms with van der Waals surface area (Å²) in [5, 5.41) is 0.881. The molecule has 0 spiro atoms. The van der Waals surface area contributed by atoms with Gasteiger partial charge in [-0.25, -0.2) is 9.59 Å². The van der Waals surface area contributed by atoms with Crippen LogP contribution in [-0.2, 0) is 9.57 Å². The van der Waals surface area contributed by atoms with E-state index in [0.717, 1.165) is 17.9 Å². The van der Waals surface area contributed by atoms with E-state index in [-0.39, 0.29) is 13.1 Å². The first-order valence-corrected chi connectivity index (χ1v) is 6.51. The van der Waals surface area contributed by atoms with E-state index in [0.29, 0.717) is 13.1 Å². The first kappa shape index (κ1) is 15.6. The molecule has 1 rings (SSSR count). The van der Waals surface area contributed by atoms with Gasteiger partial charge in [-0.3, -0.25) is 0 Å². The van der Waals surface area contributed by atoms with Gasteiger partial charge in [0.05, 0.1) is 6.54 Å². The van der Waals surface area contributed by atoms with Crippen LogP contribution in [0.5, 0.6) is 0 Å². The van der Waals surface area contributed by atoms with Crippen molar-refractivity contribution in [3.05, 3.63) is 0 Å². The molecule has 1 fully saturated rings. The van der Waals surface area contributed by atoms with E-state index in [1.165, 1.54) is 0 Å². The summed E-state index contributed by atoms with van der Waals surface area (Å²) in [4.78, 5) is 30.3. The monoisotopic (exact) mass is 273 g/mol. The lowest BCUT2D eigenvalue weighted by atomic mass is 10.2. The van der Waals surface area contributed by atoms with E-state index in [9.17, 15) is 9.59 Å². The molecular formula is C12H23N3O4. The number of likely N-dealkylation sites (tertiary alicyclic amines) is 1. The SMILES string of the molecule is CC(C)(C)OC(=O)N(CCN)OC(=O)N1CCCC1. The van der Waals surface area contributed by atoms with Crippen molar-refractivity contribution in [2.45, 2.75) is 39.2 Å². The predicted molar refractivity (Wildman–Crippen MR) is 69.3 cm³/mol. The molecule has 0 saturated carbocycles. The highest BCUT2D eigenvalue weighted by Crippen LogP contribution is 2.13. The van der Waals surface area contributed by atoms with Gasteiger partial charge in [0.15, 0.2) is 0 Å². The van der Waals surface area contributed by atoms with E-state index in [4.69, 9.17) is 15.3 Å². The fraction of sp³-hybridized carbons (Fsp3) is 0.833. The maximum atomic E-state index is 11.9. The Morgan fingerprint density at radius 1 is 1.26 bits per heavy atom. The molecule has 1 aliphatic heterocycles. The number of ether oxygens (including phenoxy) is 1. The minimum Gasteiger partial charge on any atom is -0.442 e. The lowest BCUT2D eigenvalue weighted by Gasteiger charge is -2.27. The highest BCUT2D eigenvalue weighted by atomic mass is 16.8. The molecule has 0 aliphatic carbocycles. The van der Waals surface area contributed by atoms with Crippen molar-refractivity contribution in [1.29, 1.82) is 0 Å². The van der Waals surface area contributed by atoms with Gasteiger partial charge in [0.2, 0.25) is 0 Å². The van der Waals surface area contributed by atoms with Crippen molar-refractivity contribution in [2.75, 3.05) is 26.2 Å². The molecule has 0 bridgehead atoms. The Morgan fingerprint density at radius 3 is 2.32 bits per heavy atom. The van der Waals surface area contributed by atoms with E-state index >= 15 is 0 Å². The Hall–Kier alpha value is -1.50. The number of hydrogen-bond donors (Lipinski definition) is 1. The minimum absolute atomic E-state index is 0.106. The second-order valence-corrected chi connectivity index (χ2v) is 5.42. The predicted octanol–water partition coefficient (Wildman–Crippen LogP) is 1.33. The van der Waals surface area contributed by atoms with Crippen LogP contribution in [0.1, 0.15) is 33.6 Å². The van der Waals surface area contributed by atoms with Gasteiger partial charge in [0.25, 0.3) is 0 Å². The molecule has 19 heavy (non-hydrogen) atoms. The molecule has 2 amide bonds. The van der Waals surface area contributed by atoms with Crippen LogP contribution in [0, 0.1) is 0 Å². The summed E-state index contributed by atoms with van der Waals surface area (Å²) in [5.74, 6) is 0.